The highest BCUT2D eigenvalue weighted by molar-refractivity contribution is 5.95. The zero-order chi connectivity index (χ0) is 14.7. The van der Waals surface area contributed by atoms with Crippen LogP contribution in [0, 0.1) is 17.6 Å². The number of carbonyl (C=O) groups is 1. The highest BCUT2D eigenvalue weighted by Crippen LogP contribution is 2.31. The van der Waals surface area contributed by atoms with Gasteiger partial charge in [-0.2, -0.15) is 0 Å². The van der Waals surface area contributed by atoms with Crippen molar-refractivity contribution in [3.8, 4) is 5.75 Å². The van der Waals surface area contributed by atoms with E-state index in [-0.39, 0.29) is 37.0 Å². The van der Waals surface area contributed by atoms with Gasteiger partial charge in [0.2, 0.25) is 5.91 Å². The molecule has 1 fully saturated rings. The van der Waals surface area contributed by atoms with E-state index in [0.29, 0.717) is 0 Å². The second-order valence-corrected chi connectivity index (χ2v) is 4.43. The molecule has 0 aromatic heterocycles. The molecule has 0 spiro atoms. The fourth-order valence-corrected chi connectivity index (χ4v) is 2.20. The van der Waals surface area contributed by atoms with Crippen LogP contribution in [-0.4, -0.2) is 26.1 Å². The second kappa shape index (κ2) is 5.75. The minimum atomic E-state index is -0.867. The first kappa shape index (κ1) is 14.1. The normalized spacial score (nSPS) is 18.1. The molecule has 6 nitrogen and oxygen atoms in total. The lowest BCUT2D eigenvalue weighted by atomic mass is 10.1. The molecule has 20 heavy (non-hydrogen) atoms. The van der Waals surface area contributed by atoms with Crippen LogP contribution in [0.3, 0.4) is 0 Å². The van der Waals surface area contributed by atoms with Crippen LogP contribution in [0.4, 0.5) is 14.5 Å². The average Bonchev–Trinajstić information content (AvgIpc) is 2.77. The molecule has 106 valence electrons. The number of azide groups is 1. The summed E-state index contributed by atoms with van der Waals surface area (Å²) in [6, 6.07) is 2.10. The zero-order valence-corrected chi connectivity index (χ0v) is 10.7. The molecular weight excluding hydrogens is 270 g/mol. The average molecular weight is 282 g/mol. The van der Waals surface area contributed by atoms with E-state index in [4.69, 9.17) is 5.53 Å². The van der Waals surface area contributed by atoms with Crippen molar-refractivity contribution in [1.29, 1.82) is 0 Å². The number of hydrogen-bond acceptors (Lipinski definition) is 3. The Labute approximate surface area is 113 Å². The number of anilines is 1. The first-order valence-electron chi connectivity index (χ1n) is 5.91. The summed E-state index contributed by atoms with van der Waals surface area (Å²) in [6.45, 7) is 0.447. The van der Waals surface area contributed by atoms with Crippen molar-refractivity contribution >= 4 is 11.6 Å². The summed E-state index contributed by atoms with van der Waals surface area (Å²) in [5.41, 5.74) is 8.39. The number of hydrogen-bond donors (Lipinski definition) is 0. The highest BCUT2D eigenvalue weighted by Gasteiger charge is 2.31. The summed E-state index contributed by atoms with van der Waals surface area (Å²) in [7, 11) is 1.16. The van der Waals surface area contributed by atoms with Crippen molar-refractivity contribution < 1.29 is 18.3 Å². The number of carbonyl (C=O) groups excluding carboxylic acids is 1. The van der Waals surface area contributed by atoms with Gasteiger partial charge in [0.15, 0.2) is 17.4 Å². The van der Waals surface area contributed by atoms with Gasteiger partial charge in [0, 0.05) is 42.2 Å². The number of methoxy groups -OCH3 is 1. The maximum absolute atomic E-state index is 13.6. The number of amides is 1. The van der Waals surface area contributed by atoms with Gasteiger partial charge in [0.1, 0.15) is 0 Å². The minimum Gasteiger partial charge on any atom is -0.491 e. The predicted molar refractivity (Wildman–Crippen MR) is 67.4 cm³/mol. The van der Waals surface area contributed by atoms with Crippen molar-refractivity contribution in [2.45, 2.75) is 6.42 Å². The van der Waals surface area contributed by atoms with Gasteiger partial charge in [-0.15, -0.1) is 0 Å². The van der Waals surface area contributed by atoms with E-state index >= 15 is 0 Å². The molecule has 1 atom stereocenters. The van der Waals surface area contributed by atoms with Gasteiger partial charge in [-0.1, -0.05) is 5.11 Å². The maximum atomic E-state index is 13.6. The summed E-state index contributed by atoms with van der Waals surface area (Å²) in [5, 5.41) is 3.41. The summed E-state index contributed by atoms with van der Waals surface area (Å²) < 4.78 is 31.8. The van der Waals surface area contributed by atoms with E-state index < -0.39 is 17.4 Å². The summed E-state index contributed by atoms with van der Waals surface area (Å²) >= 11 is 0. The molecular formula is C12H12F2N4O2. The molecule has 1 amide bonds. The Hall–Kier alpha value is -2.34. The zero-order valence-electron chi connectivity index (χ0n) is 10.7. The van der Waals surface area contributed by atoms with Gasteiger partial charge in [0.05, 0.1) is 7.11 Å². The van der Waals surface area contributed by atoms with Gasteiger partial charge in [-0.25, -0.2) is 8.78 Å². The molecule has 8 heteroatoms. The smallest absolute Gasteiger partial charge is 0.227 e. The van der Waals surface area contributed by atoms with Crippen molar-refractivity contribution in [2.75, 3.05) is 25.1 Å². The van der Waals surface area contributed by atoms with E-state index in [2.05, 4.69) is 14.8 Å². The minimum absolute atomic E-state index is 0.134. The van der Waals surface area contributed by atoms with Crippen LogP contribution in [0.1, 0.15) is 6.42 Å². The third kappa shape index (κ3) is 2.65. The Kier molecular flexibility index (Phi) is 4.05. The van der Waals surface area contributed by atoms with Crippen LogP contribution in [0.2, 0.25) is 0 Å². The van der Waals surface area contributed by atoms with Crippen molar-refractivity contribution in [3.63, 3.8) is 0 Å². The Morgan fingerprint density at radius 2 is 2.15 bits per heavy atom. The van der Waals surface area contributed by atoms with Crippen LogP contribution < -0.4 is 9.64 Å². The van der Waals surface area contributed by atoms with Gasteiger partial charge in [-0.05, 0) is 11.4 Å². The lowest BCUT2D eigenvalue weighted by molar-refractivity contribution is -0.117. The molecule has 1 saturated heterocycles. The second-order valence-electron chi connectivity index (χ2n) is 4.43. The summed E-state index contributed by atoms with van der Waals surface area (Å²) in [6.07, 6.45) is 0.189. The van der Waals surface area contributed by atoms with Crippen LogP contribution in [0.15, 0.2) is 17.2 Å². The van der Waals surface area contributed by atoms with E-state index in [1.807, 2.05) is 0 Å². The van der Waals surface area contributed by atoms with Crippen molar-refractivity contribution in [3.05, 3.63) is 34.2 Å². The number of halogens is 2. The Balaban J connectivity index is 2.24. The quantitative estimate of drug-likeness (QED) is 0.483. The van der Waals surface area contributed by atoms with Gasteiger partial charge in [-0.3, -0.25) is 4.79 Å². The molecule has 0 saturated carbocycles. The maximum Gasteiger partial charge on any atom is 0.227 e. The fourth-order valence-electron chi connectivity index (χ4n) is 2.20. The summed E-state index contributed by atoms with van der Waals surface area (Å²) in [5.74, 6) is -2.62. The lowest BCUT2D eigenvalue weighted by Crippen LogP contribution is -2.25. The molecule has 0 aliphatic carbocycles. The Bertz CT molecular complexity index is 564. The van der Waals surface area contributed by atoms with E-state index in [1.54, 1.807) is 0 Å². The molecule has 1 heterocycles. The highest BCUT2D eigenvalue weighted by atomic mass is 19.1. The van der Waals surface area contributed by atoms with E-state index in [1.165, 1.54) is 4.90 Å². The van der Waals surface area contributed by atoms with E-state index in [9.17, 15) is 13.6 Å². The van der Waals surface area contributed by atoms with Crippen LogP contribution in [0.25, 0.3) is 10.4 Å². The first-order valence-corrected chi connectivity index (χ1v) is 5.91. The third-order valence-electron chi connectivity index (χ3n) is 3.11. The van der Waals surface area contributed by atoms with Gasteiger partial charge >= 0.3 is 0 Å². The van der Waals surface area contributed by atoms with Crippen LogP contribution >= 0.6 is 0 Å². The van der Waals surface area contributed by atoms with Gasteiger partial charge < -0.3 is 9.64 Å². The lowest BCUT2D eigenvalue weighted by Gasteiger charge is -2.17. The SMILES string of the molecule is COc1c(F)cc(N2CC(CN=[N+]=[N-])CC2=O)cc1F. The Morgan fingerprint density at radius 1 is 1.50 bits per heavy atom. The number of rotatable bonds is 4. The van der Waals surface area contributed by atoms with Crippen molar-refractivity contribution in [2.24, 2.45) is 11.0 Å². The third-order valence-corrected chi connectivity index (χ3v) is 3.11. The molecule has 1 aromatic rings. The molecule has 1 aromatic carbocycles. The first-order chi connectivity index (χ1) is 9.56. The largest absolute Gasteiger partial charge is 0.491 e. The molecule has 1 aliphatic heterocycles. The van der Waals surface area contributed by atoms with Gasteiger partial charge in [0.25, 0.3) is 0 Å². The number of benzene rings is 1. The monoisotopic (exact) mass is 282 g/mol. The van der Waals surface area contributed by atoms with Crippen LogP contribution in [0.5, 0.6) is 5.75 Å². The summed E-state index contributed by atoms with van der Waals surface area (Å²) in [4.78, 5) is 15.8. The van der Waals surface area contributed by atoms with Crippen LogP contribution in [-0.2, 0) is 4.79 Å². The topological polar surface area (TPSA) is 78.3 Å². The molecule has 0 bridgehead atoms. The Morgan fingerprint density at radius 3 is 2.70 bits per heavy atom. The number of nitrogens with zero attached hydrogens (tertiary/aromatic N) is 4. The standard InChI is InChI=1S/C12H12F2N4O2/c1-20-12-9(13)3-8(4-10(12)14)18-6-7(2-11(18)19)5-16-17-15/h3-4,7H,2,5-6H2,1H3. The number of ether oxygens (including phenoxy) is 1. The molecule has 1 aliphatic rings. The molecule has 1 unspecified atom stereocenters. The molecule has 0 radical (unpaired) electrons. The fraction of sp³-hybridized carbons (Fsp3) is 0.417. The molecule has 2 rings (SSSR count). The van der Waals surface area contributed by atoms with E-state index in [0.717, 1.165) is 19.2 Å². The molecule has 0 N–H and O–H groups in total. The van der Waals surface area contributed by atoms with Crippen molar-refractivity contribution in [1.82, 2.24) is 0 Å². The predicted octanol–water partition coefficient (Wildman–Crippen LogP) is 2.64.